The zero-order chi connectivity index (χ0) is 13.3. The Bertz CT molecular complexity index is 425. The van der Waals surface area contributed by atoms with Gasteiger partial charge in [0.2, 0.25) is 0 Å². The molecule has 3 heteroatoms. The van der Waals surface area contributed by atoms with Gasteiger partial charge in [0.1, 0.15) is 0 Å². The average Bonchev–Trinajstić information content (AvgIpc) is 2.38. The molecular formula is C16H22O3. The van der Waals surface area contributed by atoms with Gasteiger partial charge < -0.3 is 14.2 Å². The van der Waals surface area contributed by atoms with E-state index in [2.05, 4.69) is 26.0 Å². The molecular weight excluding hydrogens is 240 g/mol. The van der Waals surface area contributed by atoms with Crippen LogP contribution in [0.15, 0.2) is 30.3 Å². The summed E-state index contributed by atoms with van der Waals surface area (Å²) < 4.78 is 17.9. The highest BCUT2D eigenvalue weighted by Gasteiger charge is 2.45. The Morgan fingerprint density at radius 3 is 2.53 bits per heavy atom. The zero-order valence-electron chi connectivity index (χ0n) is 11.7. The molecule has 1 aromatic carbocycles. The van der Waals surface area contributed by atoms with Crippen LogP contribution in [0.25, 0.3) is 0 Å². The van der Waals surface area contributed by atoms with Crippen molar-refractivity contribution in [3.63, 3.8) is 0 Å². The highest BCUT2D eigenvalue weighted by Crippen LogP contribution is 2.43. The Balaban J connectivity index is 1.78. The maximum atomic E-state index is 6.33. The van der Waals surface area contributed by atoms with Crippen molar-refractivity contribution < 1.29 is 14.2 Å². The largest absolute Gasteiger partial charge is 0.375 e. The van der Waals surface area contributed by atoms with E-state index in [1.165, 1.54) is 0 Å². The summed E-state index contributed by atoms with van der Waals surface area (Å²) in [6.07, 6.45) is 2.63. The zero-order valence-corrected chi connectivity index (χ0v) is 11.7. The van der Waals surface area contributed by atoms with Crippen molar-refractivity contribution in [1.82, 2.24) is 0 Å². The standard InChI is InChI=1S/C16H22O3/c1-15(2)12-16(9-11-18-15)8-10-17-14(19-16)13-6-4-3-5-7-13/h3-7,14H,8-12H2,1-2H3/t14-,16-/m0/s1. The van der Waals surface area contributed by atoms with Crippen molar-refractivity contribution in [3.8, 4) is 0 Å². The first-order valence-corrected chi connectivity index (χ1v) is 7.07. The van der Waals surface area contributed by atoms with Crippen molar-refractivity contribution >= 4 is 0 Å². The van der Waals surface area contributed by atoms with Crippen LogP contribution in [-0.4, -0.2) is 24.4 Å². The lowest BCUT2D eigenvalue weighted by Gasteiger charge is -2.48. The lowest BCUT2D eigenvalue weighted by Crippen LogP contribution is -2.50. The monoisotopic (exact) mass is 262 g/mol. The van der Waals surface area contributed by atoms with Crippen molar-refractivity contribution in [2.75, 3.05) is 13.2 Å². The first-order valence-electron chi connectivity index (χ1n) is 7.07. The minimum absolute atomic E-state index is 0.0828. The van der Waals surface area contributed by atoms with E-state index in [4.69, 9.17) is 14.2 Å². The van der Waals surface area contributed by atoms with Crippen molar-refractivity contribution in [3.05, 3.63) is 35.9 Å². The second-order valence-corrected chi connectivity index (χ2v) is 6.20. The molecule has 0 N–H and O–H groups in total. The topological polar surface area (TPSA) is 27.7 Å². The molecule has 2 aliphatic heterocycles. The molecule has 0 radical (unpaired) electrons. The number of ether oxygens (including phenoxy) is 3. The van der Waals surface area contributed by atoms with Gasteiger partial charge in [-0.25, -0.2) is 0 Å². The minimum Gasteiger partial charge on any atom is -0.375 e. The molecule has 1 spiro atoms. The highest BCUT2D eigenvalue weighted by molar-refractivity contribution is 5.16. The summed E-state index contributed by atoms with van der Waals surface area (Å²) in [5.74, 6) is 0. The first kappa shape index (κ1) is 13.1. The summed E-state index contributed by atoms with van der Waals surface area (Å²) in [6.45, 7) is 5.82. The fourth-order valence-electron chi connectivity index (χ4n) is 3.19. The van der Waals surface area contributed by atoms with E-state index >= 15 is 0 Å². The number of hydrogen-bond donors (Lipinski definition) is 0. The van der Waals surface area contributed by atoms with E-state index in [0.29, 0.717) is 0 Å². The van der Waals surface area contributed by atoms with Gasteiger partial charge in [-0.15, -0.1) is 0 Å². The fraction of sp³-hybridized carbons (Fsp3) is 0.625. The molecule has 0 aliphatic carbocycles. The maximum Gasteiger partial charge on any atom is 0.184 e. The predicted molar refractivity (Wildman–Crippen MR) is 72.8 cm³/mol. The van der Waals surface area contributed by atoms with E-state index in [1.807, 2.05) is 18.2 Å². The summed E-state index contributed by atoms with van der Waals surface area (Å²) >= 11 is 0. The second kappa shape index (κ2) is 4.89. The van der Waals surface area contributed by atoms with Crippen LogP contribution in [0, 0.1) is 0 Å². The molecule has 2 saturated heterocycles. The molecule has 1 aromatic rings. The molecule has 0 bridgehead atoms. The van der Waals surface area contributed by atoms with Gasteiger partial charge in [0, 0.05) is 24.8 Å². The Morgan fingerprint density at radius 1 is 1.05 bits per heavy atom. The van der Waals surface area contributed by atoms with Gasteiger partial charge in [0.15, 0.2) is 6.29 Å². The summed E-state index contributed by atoms with van der Waals surface area (Å²) in [6, 6.07) is 10.2. The quantitative estimate of drug-likeness (QED) is 0.776. The predicted octanol–water partition coefficient (Wildman–Crippen LogP) is 3.45. The molecule has 2 atom stereocenters. The maximum absolute atomic E-state index is 6.33. The molecule has 2 heterocycles. The van der Waals surface area contributed by atoms with Crippen LogP contribution < -0.4 is 0 Å². The Kier molecular flexibility index (Phi) is 3.37. The molecule has 19 heavy (non-hydrogen) atoms. The van der Waals surface area contributed by atoms with Crippen LogP contribution >= 0.6 is 0 Å². The third kappa shape index (κ3) is 2.83. The first-order chi connectivity index (χ1) is 9.09. The Labute approximate surface area is 114 Å². The summed E-state index contributed by atoms with van der Waals surface area (Å²) in [4.78, 5) is 0. The lowest BCUT2D eigenvalue weighted by atomic mass is 9.81. The summed E-state index contributed by atoms with van der Waals surface area (Å²) in [5, 5.41) is 0. The van der Waals surface area contributed by atoms with Crippen LogP contribution in [0.5, 0.6) is 0 Å². The van der Waals surface area contributed by atoms with Gasteiger partial charge in [-0.1, -0.05) is 30.3 Å². The van der Waals surface area contributed by atoms with Gasteiger partial charge in [-0.3, -0.25) is 0 Å². The Hall–Kier alpha value is -0.900. The highest BCUT2D eigenvalue weighted by atomic mass is 16.7. The van der Waals surface area contributed by atoms with E-state index < -0.39 is 0 Å². The molecule has 2 fully saturated rings. The van der Waals surface area contributed by atoms with E-state index in [1.54, 1.807) is 0 Å². The van der Waals surface area contributed by atoms with E-state index in [9.17, 15) is 0 Å². The second-order valence-electron chi connectivity index (χ2n) is 6.20. The van der Waals surface area contributed by atoms with Crippen LogP contribution in [0.2, 0.25) is 0 Å². The lowest BCUT2D eigenvalue weighted by molar-refractivity contribution is -0.293. The number of benzene rings is 1. The SMILES string of the molecule is CC1(C)C[C@]2(CCO[C@H](c3ccccc3)O2)CCO1. The van der Waals surface area contributed by atoms with Gasteiger partial charge in [-0.05, 0) is 13.8 Å². The van der Waals surface area contributed by atoms with Crippen LogP contribution in [0.1, 0.15) is 45.0 Å². The molecule has 2 aliphatic rings. The van der Waals surface area contributed by atoms with Crippen LogP contribution in [0.4, 0.5) is 0 Å². The van der Waals surface area contributed by atoms with Crippen LogP contribution in [0.3, 0.4) is 0 Å². The summed E-state index contributed by atoms with van der Waals surface area (Å²) in [5.41, 5.74) is 0.919. The van der Waals surface area contributed by atoms with E-state index in [-0.39, 0.29) is 17.5 Å². The number of hydrogen-bond acceptors (Lipinski definition) is 3. The molecule has 0 unspecified atom stereocenters. The van der Waals surface area contributed by atoms with Crippen molar-refractivity contribution in [2.24, 2.45) is 0 Å². The Morgan fingerprint density at radius 2 is 1.79 bits per heavy atom. The van der Waals surface area contributed by atoms with Gasteiger partial charge in [0.25, 0.3) is 0 Å². The molecule has 0 amide bonds. The normalized spacial score (nSPS) is 34.3. The number of rotatable bonds is 1. The van der Waals surface area contributed by atoms with Gasteiger partial charge in [-0.2, -0.15) is 0 Å². The van der Waals surface area contributed by atoms with Crippen molar-refractivity contribution in [2.45, 2.75) is 50.6 Å². The third-order valence-electron chi connectivity index (χ3n) is 4.05. The smallest absolute Gasteiger partial charge is 0.184 e. The van der Waals surface area contributed by atoms with E-state index in [0.717, 1.165) is 38.0 Å². The molecule has 3 nitrogen and oxygen atoms in total. The van der Waals surface area contributed by atoms with Crippen LogP contribution in [-0.2, 0) is 14.2 Å². The summed E-state index contributed by atoms with van der Waals surface area (Å²) in [7, 11) is 0. The minimum atomic E-state index is -0.233. The van der Waals surface area contributed by atoms with Crippen molar-refractivity contribution in [1.29, 1.82) is 0 Å². The molecule has 3 rings (SSSR count). The fourth-order valence-corrected chi connectivity index (χ4v) is 3.19. The molecule has 104 valence electrons. The average molecular weight is 262 g/mol. The van der Waals surface area contributed by atoms with Gasteiger partial charge >= 0.3 is 0 Å². The third-order valence-corrected chi connectivity index (χ3v) is 4.05. The van der Waals surface area contributed by atoms with Gasteiger partial charge in [0.05, 0.1) is 24.4 Å². The molecule has 0 aromatic heterocycles. The molecule has 0 saturated carbocycles.